The van der Waals surface area contributed by atoms with Crippen molar-refractivity contribution in [3.8, 4) is 0 Å². The first-order valence-electron chi connectivity index (χ1n) is 6.75. The minimum atomic E-state index is -2.89. The standard InChI is InChI=1S/C12H24F2N4/c13-12(14,9-16)8-11-5-2-1-4-10(18(11)17)6-3-7-15/h10-11H,1-9,15-16H2. The Balaban J connectivity index is 2.63. The van der Waals surface area contributed by atoms with Gasteiger partial charge in [-0.15, -0.1) is 0 Å². The third-order valence-electron chi connectivity index (χ3n) is 3.65. The highest BCUT2D eigenvalue weighted by molar-refractivity contribution is 4.75. The number of hydrogen-bond donors (Lipinski definition) is 2. The van der Waals surface area contributed by atoms with E-state index in [1.807, 2.05) is 0 Å². The normalized spacial score (nSPS) is 26.1. The number of halogens is 2. The topological polar surface area (TPSA) is 77.3 Å². The number of hydrogen-bond acceptors (Lipinski definition) is 2. The van der Waals surface area contributed by atoms with Crippen molar-refractivity contribution >= 4 is 0 Å². The summed E-state index contributed by atoms with van der Waals surface area (Å²) in [4.78, 5) is 0. The van der Waals surface area contributed by atoms with Gasteiger partial charge < -0.3 is 21.7 Å². The molecule has 1 fully saturated rings. The highest BCUT2D eigenvalue weighted by atomic mass is 19.3. The van der Waals surface area contributed by atoms with E-state index in [4.69, 9.17) is 11.5 Å². The van der Waals surface area contributed by atoms with Crippen molar-refractivity contribution in [3.63, 3.8) is 0 Å². The van der Waals surface area contributed by atoms with Gasteiger partial charge in [0, 0.05) is 19.3 Å². The Bertz CT molecular complexity index is 271. The fourth-order valence-electron chi connectivity index (χ4n) is 2.58. The van der Waals surface area contributed by atoms with Crippen molar-refractivity contribution < 1.29 is 13.5 Å². The Kier molecular flexibility index (Phi) is 6.08. The SMILES string of the molecule is [N-]=[N+]1C(CCCN)CCCCC1CC(F)(F)CN. The van der Waals surface area contributed by atoms with Gasteiger partial charge in [-0.1, -0.05) is 0 Å². The van der Waals surface area contributed by atoms with Crippen LogP contribution in [0.1, 0.15) is 44.9 Å². The van der Waals surface area contributed by atoms with Crippen LogP contribution in [-0.4, -0.2) is 35.8 Å². The van der Waals surface area contributed by atoms with Gasteiger partial charge in [-0.3, -0.25) is 0 Å². The maximum absolute atomic E-state index is 13.3. The molecule has 106 valence electrons. The number of alkyl halides is 2. The molecule has 0 aromatic heterocycles. The van der Waals surface area contributed by atoms with Crippen LogP contribution in [0, 0.1) is 0 Å². The van der Waals surface area contributed by atoms with Crippen LogP contribution in [0.5, 0.6) is 0 Å². The molecule has 1 aliphatic rings. The Morgan fingerprint density at radius 1 is 1.17 bits per heavy atom. The van der Waals surface area contributed by atoms with E-state index in [1.165, 1.54) is 0 Å². The predicted octanol–water partition coefficient (Wildman–Crippen LogP) is 2.05. The minimum Gasteiger partial charge on any atom is -0.506 e. The minimum absolute atomic E-state index is 0.0466. The summed E-state index contributed by atoms with van der Waals surface area (Å²) in [7, 11) is 0. The molecule has 2 unspecified atom stereocenters. The van der Waals surface area contributed by atoms with Gasteiger partial charge in [0.1, 0.15) is 12.1 Å². The molecule has 0 aromatic carbocycles. The lowest BCUT2D eigenvalue weighted by Gasteiger charge is -2.26. The Hall–Kier alpha value is -0.620. The summed E-state index contributed by atoms with van der Waals surface area (Å²) in [5.74, 6) is -2.89. The lowest BCUT2D eigenvalue weighted by atomic mass is 10.0. The van der Waals surface area contributed by atoms with E-state index >= 15 is 0 Å². The fourth-order valence-corrected chi connectivity index (χ4v) is 2.58. The third-order valence-corrected chi connectivity index (χ3v) is 3.65. The Morgan fingerprint density at radius 2 is 1.78 bits per heavy atom. The van der Waals surface area contributed by atoms with Crippen molar-refractivity contribution in [3.05, 3.63) is 5.53 Å². The molecule has 4 N–H and O–H groups in total. The number of rotatable bonds is 6. The smallest absolute Gasteiger partial charge is 0.266 e. The van der Waals surface area contributed by atoms with Crippen LogP contribution in [-0.2, 0) is 0 Å². The second-order valence-corrected chi connectivity index (χ2v) is 5.17. The van der Waals surface area contributed by atoms with Crippen LogP contribution >= 0.6 is 0 Å². The van der Waals surface area contributed by atoms with Crippen molar-refractivity contribution in [2.75, 3.05) is 13.1 Å². The summed E-state index contributed by atoms with van der Waals surface area (Å²) in [6.07, 6.45) is 4.50. The molecular formula is C12H24F2N4. The first-order valence-corrected chi connectivity index (χ1v) is 6.75. The maximum Gasteiger partial charge on any atom is 0.266 e. The molecule has 0 radical (unpaired) electrons. The zero-order valence-electron chi connectivity index (χ0n) is 10.8. The molecule has 0 aromatic rings. The Morgan fingerprint density at radius 3 is 2.33 bits per heavy atom. The van der Waals surface area contributed by atoms with E-state index in [0.717, 1.165) is 36.8 Å². The first-order chi connectivity index (χ1) is 8.50. The van der Waals surface area contributed by atoms with Crippen molar-refractivity contribution in [1.29, 1.82) is 0 Å². The van der Waals surface area contributed by atoms with E-state index < -0.39 is 18.5 Å². The molecule has 1 aliphatic heterocycles. The summed E-state index contributed by atoms with van der Waals surface area (Å²) >= 11 is 0. The molecule has 0 spiro atoms. The van der Waals surface area contributed by atoms with Gasteiger partial charge in [0.05, 0.1) is 13.0 Å². The summed E-state index contributed by atoms with van der Waals surface area (Å²) in [6.45, 7) is -0.0984. The van der Waals surface area contributed by atoms with Gasteiger partial charge in [-0.2, -0.15) is 0 Å². The average Bonchev–Trinajstić information content (AvgIpc) is 2.50. The molecule has 6 heteroatoms. The number of nitrogens with two attached hydrogens (primary N) is 2. The average molecular weight is 262 g/mol. The summed E-state index contributed by atoms with van der Waals surface area (Å²) in [5, 5.41) is 0. The van der Waals surface area contributed by atoms with E-state index in [2.05, 4.69) is 0 Å². The molecule has 1 heterocycles. The molecule has 2 atom stereocenters. The largest absolute Gasteiger partial charge is 0.506 e. The molecule has 0 bridgehead atoms. The second-order valence-electron chi connectivity index (χ2n) is 5.17. The van der Waals surface area contributed by atoms with Gasteiger partial charge in [0.25, 0.3) is 5.92 Å². The molecule has 4 nitrogen and oxygen atoms in total. The van der Waals surface area contributed by atoms with Gasteiger partial charge in [-0.05, 0) is 25.8 Å². The zero-order chi connectivity index (χ0) is 13.6. The molecule has 0 aliphatic carbocycles. The van der Waals surface area contributed by atoms with Crippen LogP contribution < -0.4 is 11.5 Å². The molecule has 18 heavy (non-hydrogen) atoms. The van der Waals surface area contributed by atoms with Gasteiger partial charge >= 0.3 is 0 Å². The molecular weight excluding hydrogens is 238 g/mol. The van der Waals surface area contributed by atoms with E-state index in [0.29, 0.717) is 13.0 Å². The molecule has 0 saturated carbocycles. The monoisotopic (exact) mass is 262 g/mol. The quantitative estimate of drug-likeness (QED) is 0.719. The van der Waals surface area contributed by atoms with E-state index in [1.54, 1.807) is 0 Å². The third kappa shape index (κ3) is 4.57. The van der Waals surface area contributed by atoms with Gasteiger partial charge in [0.2, 0.25) is 0 Å². The van der Waals surface area contributed by atoms with Crippen LogP contribution in [0.25, 0.3) is 5.53 Å². The van der Waals surface area contributed by atoms with Gasteiger partial charge in [-0.25, -0.2) is 8.78 Å². The molecule has 0 amide bonds. The highest BCUT2D eigenvalue weighted by Gasteiger charge is 2.37. The second kappa shape index (κ2) is 7.09. The summed E-state index contributed by atoms with van der Waals surface area (Å²) in [5.41, 5.74) is 20.6. The lowest BCUT2D eigenvalue weighted by molar-refractivity contribution is -0.623. The first kappa shape index (κ1) is 15.4. The van der Waals surface area contributed by atoms with Crippen LogP contribution in [0.4, 0.5) is 8.78 Å². The summed E-state index contributed by atoms with van der Waals surface area (Å²) in [6, 6.07) is -0.538. The Labute approximate surface area is 107 Å². The van der Waals surface area contributed by atoms with Crippen molar-refractivity contribution in [1.82, 2.24) is 0 Å². The zero-order valence-corrected chi connectivity index (χ0v) is 10.8. The maximum atomic E-state index is 13.3. The predicted molar refractivity (Wildman–Crippen MR) is 66.6 cm³/mol. The fraction of sp³-hybridized carbons (Fsp3) is 1.00. The van der Waals surface area contributed by atoms with E-state index in [9.17, 15) is 14.3 Å². The lowest BCUT2D eigenvalue weighted by Crippen LogP contribution is -2.39. The van der Waals surface area contributed by atoms with Crippen LogP contribution in [0.15, 0.2) is 0 Å². The van der Waals surface area contributed by atoms with Crippen LogP contribution in [0.3, 0.4) is 0 Å². The molecule has 1 saturated heterocycles. The van der Waals surface area contributed by atoms with Crippen LogP contribution in [0.2, 0.25) is 0 Å². The van der Waals surface area contributed by atoms with E-state index in [-0.39, 0.29) is 12.5 Å². The van der Waals surface area contributed by atoms with Crippen molar-refractivity contribution in [2.45, 2.75) is 63.0 Å². The van der Waals surface area contributed by atoms with Gasteiger partial charge in [0.15, 0.2) is 0 Å². The van der Waals surface area contributed by atoms with Crippen molar-refractivity contribution in [2.24, 2.45) is 11.5 Å². The highest BCUT2D eigenvalue weighted by Crippen LogP contribution is 2.28. The molecule has 1 rings (SSSR count). The number of nitrogens with zero attached hydrogens (tertiary/aromatic N) is 2. The summed E-state index contributed by atoms with van der Waals surface area (Å²) < 4.78 is 27.8.